The number of nitrogens with zero attached hydrogens (tertiary/aromatic N) is 1. The molecule has 1 aliphatic carbocycles. The average molecular weight is 343 g/mol. The molecule has 23 heavy (non-hydrogen) atoms. The van der Waals surface area contributed by atoms with Crippen LogP contribution in [-0.2, 0) is 14.6 Å². The van der Waals surface area contributed by atoms with Crippen LogP contribution in [0.1, 0.15) is 40.0 Å². The Morgan fingerprint density at radius 1 is 1.39 bits per heavy atom. The van der Waals surface area contributed by atoms with Gasteiger partial charge in [-0.3, -0.25) is 9.69 Å². The quantitative estimate of drug-likeness (QED) is 0.745. The van der Waals surface area contributed by atoms with E-state index < -0.39 is 9.84 Å². The molecule has 132 valence electrons. The van der Waals surface area contributed by atoms with Gasteiger partial charge in [0.25, 0.3) is 0 Å². The molecular formula is C17H30N2O3S. The summed E-state index contributed by atoms with van der Waals surface area (Å²) in [6.07, 6.45) is 5.24. The molecule has 1 heterocycles. The third-order valence-corrected chi connectivity index (χ3v) is 6.99. The van der Waals surface area contributed by atoms with E-state index in [2.05, 4.69) is 37.1 Å². The monoisotopic (exact) mass is 342 g/mol. The standard InChI is InChI=1S/C17H30N2O3S/c1-4-19(10-16-13(2)6-5-7-14(16)3)11-17(20)18-15-8-9-23(21,22)12-15/h6,14-16H,4-5,7-12H2,1-3H3,(H,18,20)/t14-,15+,16+/m0/s1. The Kier molecular flexibility index (Phi) is 6.26. The van der Waals surface area contributed by atoms with Crippen molar-refractivity contribution in [3.05, 3.63) is 11.6 Å². The molecule has 3 atom stereocenters. The first kappa shape index (κ1) is 18.5. The normalized spacial score (nSPS) is 30.3. The molecule has 1 N–H and O–H groups in total. The lowest BCUT2D eigenvalue weighted by atomic mass is 9.80. The third kappa shape index (κ3) is 5.31. The van der Waals surface area contributed by atoms with E-state index in [4.69, 9.17) is 0 Å². The maximum Gasteiger partial charge on any atom is 0.234 e. The Hall–Kier alpha value is -0.880. The van der Waals surface area contributed by atoms with Gasteiger partial charge in [-0.2, -0.15) is 0 Å². The number of hydrogen-bond acceptors (Lipinski definition) is 4. The fourth-order valence-electron chi connectivity index (χ4n) is 3.67. The number of hydrogen-bond donors (Lipinski definition) is 1. The Morgan fingerprint density at radius 2 is 2.13 bits per heavy atom. The van der Waals surface area contributed by atoms with Crippen LogP contribution in [0.15, 0.2) is 11.6 Å². The SMILES string of the molecule is CCN(CC(=O)N[C@@H]1CCS(=O)(=O)C1)C[C@@H]1C(C)=CCC[C@@H]1C. The Balaban J connectivity index is 1.85. The van der Waals surface area contributed by atoms with Gasteiger partial charge in [0, 0.05) is 12.6 Å². The van der Waals surface area contributed by atoms with Gasteiger partial charge in [-0.05, 0) is 44.6 Å². The second-order valence-electron chi connectivity index (χ2n) is 7.10. The van der Waals surface area contributed by atoms with E-state index in [0.717, 1.165) is 19.5 Å². The minimum absolute atomic E-state index is 0.0564. The van der Waals surface area contributed by atoms with Crippen molar-refractivity contribution in [3.63, 3.8) is 0 Å². The van der Waals surface area contributed by atoms with Crippen molar-refractivity contribution >= 4 is 15.7 Å². The number of carbonyl (C=O) groups is 1. The van der Waals surface area contributed by atoms with Gasteiger partial charge in [-0.15, -0.1) is 0 Å². The summed E-state index contributed by atoms with van der Waals surface area (Å²) in [6, 6.07) is -0.207. The molecule has 1 fully saturated rings. The minimum Gasteiger partial charge on any atom is -0.351 e. The summed E-state index contributed by atoms with van der Waals surface area (Å²) in [7, 11) is -2.95. The van der Waals surface area contributed by atoms with E-state index in [9.17, 15) is 13.2 Å². The van der Waals surface area contributed by atoms with Gasteiger partial charge in [-0.25, -0.2) is 8.42 Å². The van der Waals surface area contributed by atoms with Crippen LogP contribution in [0.5, 0.6) is 0 Å². The van der Waals surface area contributed by atoms with Crippen molar-refractivity contribution in [2.45, 2.75) is 46.1 Å². The summed E-state index contributed by atoms with van der Waals surface area (Å²) in [5.41, 5.74) is 1.43. The predicted molar refractivity (Wildman–Crippen MR) is 93.0 cm³/mol. The maximum atomic E-state index is 12.2. The van der Waals surface area contributed by atoms with Crippen molar-refractivity contribution in [1.82, 2.24) is 10.2 Å². The highest BCUT2D eigenvalue weighted by atomic mass is 32.2. The van der Waals surface area contributed by atoms with Crippen LogP contribution in [0, 0.1) is 11.8 Å². The smallest absolute Gasteiger partial charge is 0.234 e. The highest BCUT2D eigenvalue weighted by Crippen LogP contribution is 2.30. The van der Waals surface area contributed by atoms with Gasteiger partial charge >= 0.3 is 0 Å². The molecule has 0 bridgehead atoms. The van der Waals surface area contributed by atoms with Gasteiger partial charge in [-0.1, -0.05) is 25.5 Å². The maximum absolute atomic E-state index is 12.2. The lowest BCUT2D eigenvalue weighted by Gasteiger charge is -2.33. The van der Waals surface area contributed by atoms with E-state index >= 15 is 0 Å². The van der Waals surface area contributed by atoms with E-state index in [0.29, 0.717) is 24.8 Å². The molecule has 0 saturated carbocycles. The Morgan fingerprint density at radius 3 is 2.70 bits per heavy atom. The second-order valence-corrected chi connectivity index (χ2v) is 9.33. The molecule has 0 aromatic heterocycles. The molecule has 1 amide bonds. The molecule has 0 radical (unpaired) electrons. The molecular weight excluding hydrogens is 312 g/mol. The van der Waals surface area contributed by atoms with Crippen LogP contribution in [-0.4, -0.2) is 56.4 Å². The Bertz CT molecular complexity index is 556. The highest BCUT2D eigenvalue weighted by Gasteiger charge is 2.30. The number of likely N-dealkylation sites (N-methyl/N-ethyl adjacent to an activating group) is 1. The molecule has 2 rings (SSSR count). The summed E-state index contributed by atoms with van der Waals surface area (Å²) in [6.45, 7) is 8.63. The molecule has 0 spiro atoms. The van der Waals surface area contributed by atoms with Gasteiger partial charge in [0.05, 0.1) is 18.1 Å². The summed E-state index contributed by atoms with van der Waals surface area (Å²) < 4.78 is 22.9. The number of carbonyl (C=O) groups excluding carboxylic acids is 1. The average Bonchev–Trinajstić information content (AvgIpc) is 2.80. The fraction of sp³-hybridized carbons (Fsp3) is 0.824. The van der Waals surface area contributed by atoms with Crippen molar-refractivity contribution in [2.75, 3.05) is 31.1 Å². The molecule has 2 aliphatic rings. The molecule has 6 heteroatoms. The molecule has 1 saturated heterocycles. The first-order valence-corrected chi connectivity index (χ1v) is 10.5. The summed E-state index contributed by atoms with van der Waals surface area (Å²) in [5, 5.41) is 2.88. The predicted octanol–water partition coefficient (Wildman–Crippen LogP) is 1.60. The van der Waals surface area contributed by atoms with Crippen molar-refractivity contribution in [2.24, 2.45) is 11.8 Å². The Labute approximate surface area is 140 Å². The topological polar surface area (TPSA) is 66.5 Å². The van der Waals surface area contributed by atoms with Crippen molar-refractivity contribution in [1.29, 1.82) is 0 Å². The zero-order valence-corrected chi connectivity index (χ0v) is 15.4. The second kappa shape index (κ2) is 7.79. The van der Waals surface area contributed by atoms with E-state index in [1.807, 2.05) is 0 Å². The van der Waals surface area contributed by atoms with E-state index in [1.165, 1.54) is 12.0 Å². The van der Waals surface area contributed by atoms with Gasteiger partial charge in [0.15, 0.2) is 9.84 Å². The lowest BCUT2D eigenvalue weighted by molar-refractivity contribution is -0.122. The summed E-state index contributed by atoms with van der Waals surface area (Å²) >= 11 is 0. The van der Waals surface area contributed by atoms with Gasteiger partial charge < -0.3 is 5.32 Å². The zero-order valence-electron chi connectivity index (χ0n) is 14.5. The first-order valence-electron chi connectivity index (χ1n) is 8.69. The number of nitrogens with one attached hydrogen (secondary N) is 1. The summed E-state index contributed by atoms with van der Waals surface area (Å²) in [4.78, 5) is 14.4. The molecule has 1 aliphatic heterocycles. The molecule has 5 nitrogen and oxygen atoms in total. The first-order chi connectivity index (χ1) is 10.8. The number of rotatable bonds is 6. The van der Waals surface area contributed by atoms with Crippen molar-refractivity contribution in [3.8, 4) is 0 Å². The van der Waals surface area contributed by atoms with E-state index in [-0.39, 0.29) is 23.5 Å². The van der Waals surface area contributed by atoms with Crippen LogP contribution >= 0.6 is 0 Å². The number of allylic oxidation sites excluding steroid dienone is 1. The van der Waals surface area contributed by atoms with Gasteiger partial charge in [0.1, 0.15) is 0 Å². The van der Waals surface area contributed by atoms with Gasteiger partial charge in [0.2, 0.25) is 5.91 Å². The van der Waals surface area contributed by atoms with Crippen molar-refractivity contribution < 1.29 is 13.2 Å². The van der Waals surface area contributed by atoms with Crippen LogP contribution in [0.25, 0.3) is 0 Å². The molecule has 0 unspecified atom stereocenters. The number of sulfone groups is 1. The zero-order chi connectivity index (χ0) is 17.0. The molecule has 0 aromatic carbocycles. The number of amides is 1. The van der Waals surface area contributed by atoms with E-state index in [1.54, 1.807) is 0 Å². The minimum atomic E-state index is -2.95. The lowest BCUT2D eigenvalue weighted by Crippen LogP contribution is -2.44. The summed E-state index contributed by atoms with van der Waals surface area (Å²) in [5.74, 6) is 1.39. The molecule has 0 aromatic rings. The van der Waals surface area contributed by atoms with Crippen LogP contribution in [0.2, 0.25) is 0 Å². The van der Waals surface area contributed by atoms with Crippen LogP contribution < -0.4 is 5.32 Å². The van der Waals surface area contributed by atoms with Crippen LogP contribution in [0.3, 0.4) is 0 Å². The highest BCUT2D eigenvalue weighted by molar-refractivity contribution is 7.91. The third-order valence-electron chi connectivity index (χ3n) is 5.23. The fourth-order valence-corrected chi connectivity index (χ4v) is 5.34. The largest absolute Gasteiger partial charge is 0.351 e. The van der Waals surface area contributed by atoms with Crippen LogP contribution in [0.4, 0.5) is 0 Å².